The molecule has 1 aromatic rings. The van der Waals surface area contributed by atoms with Gasteiger partial charge in [-0.3, -0.25) is 4.99 Å². The van der Waals surface area contributed by atoms with Crippen LogP contribution in [0.1, 0.15) is 30.5 Å². The van der Waals surface area contributed by atoms with E-state index < -0.39 is 11.9 Å². The number of aliphatic imine (C=N–C) groups is 1. The minimum absolute atomic E-state index is 0. The molecule has 0 unspecified atom stereocenters. The van der Waals surface area contributed by atoms with Gasteiger partial charge in [-0.1, -0.05) is 0 Å². The molecule has 25 heavy (non-hydrogen) atoms. The summed E-state index contributed by atoms with van der Waals surface area (Å²) < 4.78 is 43.2. The molecule has 1 aliphatic heterocycles. The van der Waals surface area contributed by atoms with Crippen molar-refractivity contribution in [1.29, 1.82) is 0 Å². The first kappa shape index (κ1) is 22.4. The molecular formula is C15H24F3IN4OS. The Morgan fingerprint density at radius 3 is 2.64 bits per heavy atom. The van der Waals surface area contributed by atoms with Gasteiger partial charge < -0.3 is 15.0 Å². The number of rotatable bonds is 5. The van der Waals surface area contributed by atoms with Crippen molar-refractivity contribution in [2.75, 3.05) is 33.3 Å². The van der Waals surface area contributed by atoms with Crippen LogP contribution in [0.5, 0.6) is 0 Å². The Morgan fingerprint density at radius 1 is 1.44 bits per heavy atom. The molecule has 1 fully saturated rings. The average molecular weight is 492 g/mol. The summed E-state index contributed by atoms with van der Waals surface area (Å²) in [5.74, 6) is 0.776. The third-order valence-electron chi connectivity index (χ3n) is 3.82. The van der Waals surface area contributed by atoms with Crippen LogP contribution in [0.4, 0.5) is 13.2 Å². The number of thiazole rings is 1. The monoisotopic (exact) mass is 492 g/mol. The molecule has 0 saturated carbocycles. The predicted octanol–water partition coefficient (Wildman–Crippen LogP) is 3.40. The second-order valence-corrected chi connectivity index (χ2v) is 6.43. The van der Waals surface area contributed by atoms with E-state index in [1.54, 1.807) is 7.05 Å². The number of piperidine rings is 1. The molecule has 0 radical (unpaired) electrons. The highest BCUT2D eigenvalue weighted by molar-refractivity contribution is 14.0. The lowest BCUT2D eigenvalue weighted by Crippen LogP contribution is -2.47. The van der Waals surface area contributed by atoms with Crippen molar-refractivity contribution in [3.63, 3.8) is 0 Å². The second-order valence-electron chi connectivity index (χ2n) is 5.49. The van der Waals surface area contributed by atoms with Gasteiger partial charge >= 0.3 is 6.18 Å². The summed E-state index contributed by atoms with van der Waals surface area (Å²) in [5.41, 5.74) is -0.815. The number of likely N-dealkylation sites (tertiary alicyclic amines) is 1. The van der Waals surface area contributed by atoms with Gasteiger partial charge in [0.2, 0.25) is 0 Å². The largest absolute Gasteiger partial charge is 0.434 e. The molecule has 2 heterocycles. The molecule has 1 aromatic heterocycles. The summed E-state index contributed by atoms with van der Waals surface area (Å²) in [7, 11) is 1.71. The number of nitrogens with one attached hydrogen (secondary N) is 1. The van der Waals surface area contributed by atoms with Crippen molar-refractivity contribution in [3.05, 3.63) is 16.1 Å². The van der Waals surface area contributed by atoms with E-state index in [4.69, 9.17) is 4.74 Å². The molecule has 0 atom stereocenters. The number of hydrogen-bond donors (Lipinski definition) is 1. The number of nitrogens with zero attached hydrogens (tertiary/aromatic N) is 3. The molecule has 0 spiro atoms. The first-order valence-corrected chi connectivity index (χ1v) is 8.90. The molecule has 1 N–H and O–H groups in total. The van der Waals surface area contributed by atoms with E-state index in [0.717, 1.165) is 55.2 Å². The maximum absolute atomic E-state index is 12.5. The van der Waals surface area contributed by atoms with Crippen molar-refractivity contribution in [1.82, 2.24) is 15.2 Å². The summed E-state index contributed by atoms with van der Waals surface area (Å²) in [6.45, 7) is 4.95. The van der Waals surface area contributed by atoms with Crippen LogP contribution in [-0.4, -0.2) is 55.2 Å². The van der Waals surface area contributed by atoms with Crippen molar-refractivity contribution >= 4 is 41.3 Å². The fourth-order valence-corrected chi connectivity index (χ4v) is 3.44. The van der Waals surface area contributed by atoms with E-state index in [1.807, 2.05) is 6.92 Å². The number of guanidine groups is 1. The standard InChI is InChI=1S/C15H23F3N4OS.HI/c1-3-23-11-5-8-22(9-6-11)14(19-2)20-7-4-13-21-12(10-24-13)15(16,17)18;/h10-11H,3-9H2,1-2H3,(H,19,20);1H. The Morgan fingerprint density at radius 2 is 2.12 bits per heavy atom. The fourth-order valence-electron chi connectivity index (χ4n) is 2.64. The number of ether oxygens (including phenoxy) is 1. The lowest BCUT2D eigenvalue weighted by atomic mass is 10.1. The number of aromatic nitrogens is 1. The normalized spacial score (nSPS) is 16.7. The fraction of sp³-hybridized carbons (Fsp3) is 0.733. The summed E-state index contributed by atoms with van der Waals surface area (Å²) in [4.78, 5) is 10.0. The van der Waals surface area contributed by atoms with Crippen molar-refractivity contribution < 1.29 is 17.9 Å². The lowest BCUT2D eigenvalue weighted by molar-refractivity contribution is -0.140. The number of hydrogen-bond acceptors (Lipinski definition) is 4. The van der Waals surface area contributed by atoms with Gasteiger partial charge in [0.05, 0.1) is 11.1 Å². The van der Waals surface area contributed by atoms with Crippen molar-refractivity contribution in [2.45, 2.75) is 38.5 Å². The molecule has 0 aromatic carbocycles. The van der Waals surface area contributed by atoms with Crippen LogP contribution in [0.25, 0.3) is 0 Å². The Balaban J connectivity index is 0.00000312. The zero-order valence-corrected chi connectivity index (χ0v) is 17.5. The maximum atomic E-state index is 12.5. The lowest BCUT2D eigenvalue weighted by Gasteiger charge is -2.34. The molecule has 144 valence electrons. The van der Waals surface area contributed by atoms with E-state index in [0.29, 0.717) is 24.1 Å². The van der Waals surface area contributed by atoms with Crippen LogP contribution in [-0.2, 0) is 17.3 Å². The molecule has 2 rings (SSSR count). The Labute approximate surface area is 167 Å². The third-order valence-corrected chi connectivity index (χ3v) is 4.73. The van der Waals surface area contributed by atoms with Crippen LogP contribution in [0.3, 0.4) is 0 Å². The molecular weight excluding hydrogens is 468 g/mol. The van der Waals surface area contributed by atoms with Gasteiger partial charge in [0, 0.05) is 45.1 Å². The van der Waals surface area contributed by atoms with Crippen molar-refractivity contribution in [3.8, 4) is 0 Å². The first-order valence-electron chi connectivity index (χ1n) is 8.02. The highest BCUT2D eigenvalue weighted by Crippen LogP contribution is 2.30. The van der Waals surface area contributed by atoms with E-state index in [2.05, 4.69) is 20.2 Å². The van der Waals surface area contributed by atoms with Gasteiger partial charge in [-0.15, -0.1) is 35.3 Å². The minimum Gasteiger partial charge on any atom is -0.378 e. The van der Waals surface area contributed by atoms with Crippen LogP contribution in [0.2, 0.25) is 0 Å². The Hall–Kier alpha value is -0.620. The third kappa shape index (κ3) is 6.89. The number of alkyl halides is 3. The SMILES string of the molecule is CCOC1CCN(C(=NC)NCCc2nc(C(F)(F)F)cs2)CC1.I. The Bertz CT molecular complexity index is 545. The molecule has 0 aliphatic carbocycles. The summed E-state index contributed by atoms with van der Waals surface area (Å²) in [6.07, 6.45) is -1.72. The van der Waals surface area contributed by atoms with E-state index in [9.17, 15) is 13.2 Å². The Kier molecular flexibility index (Phi) is 9.43. The topological polar surface area (TPSA) is 49.8 Å². The average Bonchev–Trinajstić information content (AvgIpc) is 3.02. The molecule has 5 nitrogen and oxygen atoms in total. The van der Waals surface area contributed by atoms with E-state index >= 15 is 0 Å². The molecule has 1 aliphatic rings. The second kappa shape index (κ2) is 10.5. The maximum Gasteiger partial charge on any atom is 0.434 e. The van der Waals surface area contributed by atoms with Gasteiger partial charge in [-0.05, 0) is 19.8 Å². The predicted molar refractivity (Wildman–Crippen MR) is 104 cm³/mol. The minimum atomic E-state index is -4.37. The van der Waals surface area contributed by atoms with E-state index in [1.165, 1.54) is 0 Å². The van der Waals surface area contributed by atoms with Gasteiger partial charge in [0.25, 0.3) is 0 Å². The molecule has 0 bridgehead atoms. The van der Waals surface area contributed by atoms with Gasteiger partial charge in [-0.25, -0.2) is 4.98 Å². The molecule has 0 amide bonds. The first-order chi connectivity index (χ1) is 11.4. The van der Waals surface area contributed by atoms with E-state index in [-0.39, 0.29) is 24.0 Å². The van der Waals surface area contributed by atoms with Crippen LogP contribution in [0, 0.1) is 0 Å². The summed E-state index contributed by atoms with van der Waals surface area (Å²) >= 11 is 1.04. The molecule has 10 heteroatoms. The zero-order chi connectivity index (χ0) is 17.6. The summed E-state index contributed by atoms with van der Waals surface area (Å²) in [5, 5.41) is 4.73. The highest BCUT2D eigenvalue weighted by Gasteiger charge is 2.33. The van der Waals surface area contributed by atoms with Crippen molar-refractivity contribution in [2.24, 2.45) is 4.99 Å². The summed E-state index contributed by atoms with van der Waals surface area (Å²) in [6, 6.07) is 0. The van der Waals surface area contributed by atoms with Gasteiger partial charge in [0.1, 0.15) is 0 Å². The van der Waals surface area contributed by atoms with Gasteiger partial charge in [0.15, 0.2) is 11.7 Å². The van der Waals surface area contributed by atoms with Crippen LogP contribution < -0.4 is 5.32 Å². The highest BCUT2D eigenvalue weighted by atomic mass is 127. The van der Waals surface area contributed by atoms with Gasteiger partial charge in [-0.2, -0.15) is 13.2 Å². The zero-order valence-electron chi connectivity index (χ0n) is 14.3. The smallest absolute Gasteiger partial charge is 0.378 e. The van der Waals surface area contributed by atoms with Crippen LogP contribution in [0.15, 0.2) is 10.4 Å². The molecule has 1 saturated heterocycles. The quantitative estimate of drug-likeness (QED) is 0.389. The van der Waals surface area contributed by atoms with Crippen LogP contribution >= 0.6 is 35.3 Å². The number of halogens is 4.